The smallest absolute Gasteiger partial charge is 0.237 e. The van der Waals surface area contributed by atoms with Gasteiger partial charge in [0.05, 0.1) is 19.3 Å². The van der Waals surface area contributed by atoms with Gasteiger partial charge in [-0.3, -0.25) is 9.69 Å². The summed E-state index contributed by atoms with van der Waals surface area (Å²) >= 11 is 6.06. The molecule has 5 nitrogen and oxygen atoms in total. The number of likely N-dealkylation sites (N-methyl/N-ethyl adjacent to an activating group) is 1. The van der Waals surface area contributed by atoms with Crippen LogP contribution in [0.25, 0.3) is 0 Å². The van der Waals surface area contributed by atoms with Gasteiger partial charge in [-0.2, -0.15) is 0 Å². The van der Waals surface area contributed by atoms with Crippen LogP contribution in [-0.4, -0.2) is 53.9 Å². The van der Waals surface area contributed by atoms with Gasteiger partial charge in [-0.25, -0.2) is 0 Å². The molecule has 0 spiro atoms. The van der Waals surface area contributed by atoms with Crippen molar-refractivity contribution < 1.29 is 15.0 Å². The minimum atomic E-state index is -0.633. The Kier molecular flexibility index (Phi) is 7.29. The van der Waals surface area contributed by atoms with Crippen molar-refractivity contribution in [2.24, 2.45) is 5.41 Å². The van der Waals surface area contributed by atoms with Crippen molar-refractivity contribution in [2.75, 3.05) is 26.8 Å². The average molecular weight is 329 g/mol. The Bertz CT molecular complexity index is 492. The van der Waals surface area contributed by atoms with Crippen LogP contribution < -0.4 is 5.32 Å². The standard InChI is InChI=1S/C16H25ClN2O3/c1-12(19(3)9-16(2,10-20)11-21)15(22)18-8-13-6-4-5-7-14(13)17/h4-7,12,20-21H,8-11H2,1-3H3,(H,18,22). The molecule has 0 aromatic heterocycles. The van der Waals surface area contributed by atoms with Gasteiger partial charge in [0.2, 0.25) is 5.91 Å². The molecular weight excluding hydrogens is 304 g/mol. The molecule has 1 unspecified atom stereocenters. The second-order valence-corrected chi connectivity index (χ2v) is 6.43. The first-order chi connectivity index (χ1) is 10.3. The number of amides is 1. The van der Waals surface area contributed by atoms with Crippen LogP contribution in [0.1, 0.15) is 19.4 Å². The van der Waals surface area contributed by atoms with Crippen LogP contribution in [0.5, 0.6) is 0 Å². The monoisotopic (exact) mass is 328 g/mol. The zero-order chi connectivity index (χ0) is 16.8. The molecular formula is C16H25ClN2O3. The van der Waals surface area contributed by atoms with Crippen LogP contribution in [-0.2, 0) is 11.3 Å². The van der Waals surface area contributed by atoms with Gasteiger partial charge in [-0.1, -0.05) is 36.7 Å². The van der Waals surface area contributed by atoms with Crippen LogP contribution in [0.2, 0.25) is 5.02 Å². The van der Waals surface area contributed by atoms with Gasteiger partial charge >= 0.3 is 0 Å². The fourth-order valence-corrected chi connectivity index (χ4v) is 2.26. The van der Waals surface area contributed by atoms with E-state index in [4.69, 9.17) is 11.6 Å². The quantitative estimate of drug-likeness (QED) is 0.672. The summed E-state index contributed by atoms with van der Waals surface area (Å²) in [5.41, 5.74) is 0.231. The number of benzene rings is 1. The molecule has 0 radical (unpaired) electrons. The first-order valence-electron chi connectivity index (χ1n) is 7.26. The number of nitrogens with zero attached hydrogens (tertiary/aromatic N) is 1. The van der Waals surface area contributed by atoms with Crippen molar-refractivity contribution in [3.8, 4) is 0 Å². The van der Waals surface area contributed by atoms with Crippen molar-refractivity contribution in [1.29, 1.82) is 0 Å². The normalized spacial score (nSPS) is 13.2. The molecule has 6 heteroatoms. The van der Waals surface area contributed by atoms with Gasteiger partial charge < -0.3 is 15.5 Å². The van der Waals surface area contributed by atoms with Gasteiger partial charge in [0.15, 0.2) is 0 Å². The van der Waals surface area contributed by atoms with E-state index in [1.54, 1.807) is 27.0 Å². The summed E-state index contributed by atoms with van der Waals surface area (Å²) in [7, 11) is 1.79. The maximum atomic E-state index is 12.2. The lowest BCUT2D eigenvalue weighted by molar-refractivity contribution is -0.126. The number of aliphatic hydroxyl groups is 2. The predicted molar refractivity (Wildman–Crippen MR) is 87.7 cm³/mol. The lowest BCUT2D eigenvalue weighted by atomic mass is 9.92. The zero-order valence-electron chi connectivity index (χ0n) is 13.3. The molecule has 0 aliphatic carbocycles. The Morgan fingerprint density at radius 3 is 2.50 bits per heavy atom. The highest BCUT2D eigenvalue weighted by Crippen LogP contribution is 2.17. The molecule has 1 atom stereocenters. The molecule has 22 heavy (non-hydrogen) atoms. The number of carbonyl (C=O) groups is 1. The maximum absolute atomic E-state index is 12.2. The van der Waals surface area contributed by atoms with Crippen molar-refractivity contribution in [3.05, 3.63) is 34.9 Å². The summed E-state index contributed by atoms with van der Waals surface area (Å²) in [5, 5.41) is 22.1. The van der Waals surface area contributed by atoms with Gasteiger partial charge in [-0.15, -0.1) is 0 Å². The highest BCUT2D eigenvalue weighted by molar-refractivity contribution is 6.31. The average Bonchev–Trinajstić information content (AvgIpc) is 2.52. The summed E-state index contributed by atoms with van der Waals surface area (Å²) in [6, 6.07) is 6.99. The number of nitrogens with one attached hydrogen (secondary N) is 1. The number of aliphatic hydroxyl groups excluding tert-OH is 2. The Morgan fingerprint density at radius 2 is 1.95 bits per heavy atom. The van der Waals surface area contributed by atoms with Gasteiger partial charge in [-0.05, 0) is 25.6 Å². The van der Waals surface area contributed by atoms with Crippen LogP contribution >= 0.6 is 11.6 Å². The topological polar surface area (TPSA) is 72.8 Å². The van der Waals surface area contributed by atoms with E-state index < -0.39 is 5.41 Å². The minimum absolute atomic E-state index is 0.124. The van der Waals surface area contributed by atoms with E-state index in [1.807, 2.05) is 23.1 Å². The fraction of sp³-hybridized carbons (Fsp3) is 0.562. The Balaban J connectivity index is 2.56. The SMILES string of the molecule is CC(C(=O)NCc1ccccc1Cl)N(C)CC(C)(CO)CO. The fourth-order valence-electron chi connectivity index (χ4n) is 2.06. The summed E-state index contributed by atoms with van der Waals surface area (Å²) < 4.78 is 0. The number of halogens is 1. The lowest BCUT2D eigenvalue weighted by Gasteiger charge is -2.33. The molecule has 0 aliphatic heterocycles. The highest BCUT2D eigenvalue weighted by Gasteiger charge is 2.28. The summed E-state index contributed by atoms with van der Waals surface area (Å²) in [4.78, 5) is 14.0. The molecule has 0 bridgehead atoms. The van der Waals surface area contributed by atoms with Crippen molar-refractivity contribution >= 4 is 17.5 Å². The Hall–Kier alpha value is -1.14. The highest BCUT2D eigenvalue weighted by atomic mass is 35.5. The van der Waals surface area contributed by atoms with E-state index >= 15 is 0 Å². The molecule has 0 fully saturated rings. The first-order valence-corrected chi connectivity index (χ1v) is 7.64. The largest absolute Gasteiger partial charge is 0.396 e. The van der Waals surface area contributed by atoms with Crippen molar-refractivity contribution in [2.45, 2.75) is 26.4 Å². The number of rotatable bonds is 8. The summed E-state index contributed by atoms with van der Waals surface area (Å²) in [6.07, 6.45) is 0. The van der Waals surface area contributed by atoms with E-state index in [9.17, 15) is 15.0 Å². The van der Waals surface area contributed by atoms with E-state index in [1.165, 1.54) is 0 Å². The van der Waals surface area contributed by atoms with Crippen LogP contribution in [0.4, 0.5) is 0 Å². The van der Waals surface area contributed by atoms with E-state index in [-0.39, 0.29) is 25.2 Å². The van der Waals surface area contributed by atoms with Crippen LogP contribution in [0.3, 0.4) is 0 Å². The zero-order valence-corrected chi connectivity index (χ0v) is 14.1. The number of hydrogen-bond donors (Lipinski definition) is 3. The van der Waals surface area contributed by atoms with E-state index in [2.05, 4.69) is 5.32 Å². The van der Waals surface area contributed by atoms with Gasteiger partial charge in [0, 0.05) is 23.5 Å². The Morgan fingerprint density at radius 1 is 1.36 bits per heavy atom. The Labute approximate surface area is 136 Å². The molecule has 0 saturated carbocycles. The second kappa shape index (κ2) is 8.48. The molecule has 1 rings (SSSR count). The molecule has 124 valence electrons. The van der Waals surface area contributed by atoms with E-state index in [0.29, 0.717) is 18.1 Å². The molecule has 1 aromatic carbocycles. The predicted octanol–water partition coefficient (Wildman–Crippen LogP) is 1.27. The van der Waals surface area contributed by atoms with Gasteiger partial charge in [0.25, 0.3) is 0 Å². The van der Waals surface area contributed by atoms with Crippen LogP contribution in [0, 0.1) is 5.41 Å². The molecule has 1 amide bonds. The van der Waals surface area contributed by atoms with E-state index in [0.717, 1.165) is 5.56 Å². The maximum Gasteiger partial charge on any atom is 0.237 e. The number of hydrogen-bond acceptors (Lipinski definition) is 4. The van der Waals surface area contributed by atoms with Crippen molar-refractivity contribution in [1.82, 2.24) is 10.2 Å². The minimum Gasteiger partial charge on any atom is -0.396 e. The molecule has 0 heterocycles. The second-order valence-electron chi connectivity index (χ2n) is 6.03. The molecule has 0 aliphatic rings. The molecule has 1 aromatic rings. The number of carbonyl (C=O) groups excluding carboxylic acids is 1. The third-order valence-electron chi connectivity index (χ3n) is 3.85. The molecule has 0 saturated heterocycles. The van der Waals surface area contributed by atoms with Crippen LogP contribution in [0.15, 0.2) is 24.3 Å². The lowest BCUT2D eigenvalue weighted by Crippen LogP contribution is -2.48. The third-order valence-corrected chi connectivity index (χ3v) is 4.21. The van der Waals surface area contributed by atoms with Crippen molar-refractivity contribution in [3.63, 3.8) is 0 Å². The molecule has 3 N–H and O–H groups in total. The third kappa shape index (κ3) is 5.25. The summed E-state index contributed by atoms with van der Waals surface area (Å²) in [6.45, 7) is 4.08. The van der Waals surface area contributed by atoms with Gasteiger partial charge in [0.1, 0.15) is 0 Å². The first kappa shape index (κ1) is 18.9. The summed E-state index contributed by atoms with van der Waals surface area (Å²) in [5.74, 6) is -0.124.